The smallest absolute Gasteiger partial charge is 0.229 e. The van der Waals surface area contributed by atoms with Gasteiger partial charge in [0.25, 0.3) is 0 Å². The number of ether oxygens (including phenoxy) is 1. The molecule has 32 heavy (non-hydrogen) atoms. The fourth-order valence-corrected chi connectivity index (χ4v) is 4.71. The van der Waals surface area contributed by atoms with Gasteiger partial charge < -0.3 is 15.4 Å². The van der Waals surface area contributed by atoms with Crippen LogP contribution >= 0.6 is 0 Å². The molecule has 1 aliphatic carbocycles. The Morgan fingerprint density at radius 3 is 2.50 bits per heavy atom. The number of Topliss-reactive ketones (excluding diaryl/α,β-unsaturated/α-hetero) is 1. The van der Waals surface area contributed by atoms with E-state index in [1.165, 1.54) is 6.42 Å². The predicted molar refractivity (Wildman–Crippen MR) is 126 cm³/mol. The summed E-state index contributed by atoms with van der Waals surface area (Å²) in [6.07, 6.45) is 6.55. The molecule has 0 radical (unpaired) electrons. The molecule has 0 unspecified atom stereocenters. The van der Waals surface area contributed by atoms with Crippen LogP contribution in [0.25, 0.3) is 22.2 Å². The van der Waals surface area contributed by atoms with Gasteiger partial charge in [0.1, 0.15) is 11.6 Å². The second-order valence-corrected chi connectivity index (χ2v) is 8.61. The summed E-state index contributed by atoms with van der Waals surface area (Å²) >= 11 is 0. The largest absolute Gasteiger partial charge is 0.494 e. The first-order valence-corrected chi connectivity index (χ1v) is 11.7. The van der Waals surface area contributed by atoms with Gasteiger partial charge >= 0.3 is 0 Å². The lowest BCUT2D eigenvalue weighted by Gasteiger charge is -2.27. The van der Waals surface area contributed by atoms with E-state index in [2.05, 4.69) is 16.8 Å². The number of carbonyl (C=O) groups excluding carboxylic acids is 1. The fourth-order valence-electron chi connectivity index (χ4n) is 4.71. The van der Waals surface area contributed by atoms with Gasteiger partial charge in [-0.15, -0.1) is 0 Å². The second kappa shape index (κ2) is 8.73. The molecule has 0 bridgehead atoms. The number of nitrogens with two attached hydrogens (primary N) is 1. The Morgan fingerprint density at radius 2 is 1.75 bits per heavy atom. The van der Waals surface area contributed by atoms with Crippen LogP contribution in [-0.4, -0.2) is 40.4 Å². The standard InChI is InChI=1S/C25H29N5O2/c1-2-15-32-17-11-9-16(10-12-17)20-21-18(7-6-8-19(21)31)27-24-22(20)23(26)28-25(29-24)30-13-4-3-5-14-30/h9-12H,2-8,13-15H2,1H3,(H2,26,27,28,29). The number of ketones is 1. The van der Waals surface area contributed by atoms with Gasteiger partial charge in [-0.2, -0.15) is 9.97 Å². The highest BCUT2D eigenvalue weighted by Crippen LogP contribution is 2.39. The van der Waals surface area contributed by atoms with Gasteiger partial charge in [-0.3, -0.25) is 4.79 Å². The number of hydrogen-bond donors (Lipinski definition) is 1. The molecule has 1 aromatic carbocycles. The van der Waals surface area contributed by atoms with E-state index < -0.39 is 0 Å². The molecular weight excluding hydrogens is 402 g/mol. The van der Waals surface area contributed by atoms with Crippen LogP contribution < -0.4 is 15.4 Å². The lowest BCUT2D eigenvalue weighted by molar-refractivity contribution is 0.0972. The summed E-state index contributed by atoms with van der Waals surface area (Å²) in [5, 5.41) is 0.669. The molecule has 1 fully saturated rings. The van der Waals surface area contributed by atoms with Crippen molar-refractivity contribution in [1.82, 2.24) is 15.0 Å². The number of piperidine rings is 1. The Hall–Kier alpha value is -3.22. The molecule has 5 rings (SSSR count). The number of fused-ring (bicyclic) bond motifs is 2. The number of nitrogens with zero attached hydrogens (tertiary/aromatic N) is 4. The average molecular weight is 432 g/mol. The molecular formula is C25H29N5O2. The van der Waals surface area contributed by atoms with Crippen molar-refractivity contribution in [2.75, 3.05) is 30.3 Å². The van der Waals surface area contributed by atoms with Crippen LogP contribution in [0.2, 0.25) is 0 Å². The van der Waals surface area contributed by atoms with Crippen LogP contribution in [0.4, 0.5) is 11.8 Å². The summed E-state index contributed by atoms with van der Waals surface area (Å²) in [5.74, 6) is 1.94. The van der Waals surface area contributed by atoms with Gasteiger partial charge in [0.2, 0.25) is 5.95 Å². The van der Waals surface area contributed by atoms with Crippen molar-refractivity contribution in [2.45, 2.75) is 51.9 Å². The van der Waals surface area contributed by atoms with Crippen molar-refractivity contribution in [3.63, 3.8) is 0 Å². The zero-order valence-electron chi connectivity index (χ0n) is 18.6. The highest BCUT2D eigenvalue weighted by Gasteiger charge is 2.28. The minimum absolute atomic E-state index is 0.112. The maximum absolute atomic E-state index is 13.0. The van der Waals surface area contributed by atoms with Crippen molar-refractivity contribution in [2.24, 2.45) is 0 Å². The molecule has 0 amide bonds. The molecule has 7 nitrogen and oxygen atoms in total. The maximum Gasteiger partial charge on any atom is 0.229 e. The molecule has 0 atom stereocenters. The maximum atomic E-state index is 13.0. The van der Waals surface area contributed by atoms with E-state index in [9.17, 15) is 4.79 Å². The van der Waals surface area contributed by atoms with E-state index in [-0.39, 0.29) is 5.78 Å². The highest BCUT2D eigenvalue weighted by atomic mass is 16.5. The minimum atomic E-state index is 0.112. The van der Waals surface area contributed by atoms with Crippen molar-refractivity contribution in [3.8, 4) is 16.9 Å². The number of anilines is 2. The van der Waals surface area contributed by atoms with Crippen LogP contribution in [0.1, 0.15) is 61.5 Å². The number of aryl methyl sites for hydroxylation is 1. The molecule has 1 saturated heterocycles. The predicted octanol–water partition coefficient (Wildman–Crippen LogP) is 4.57. The van der Waals surface area contributed by atoms with Gasteiger partial charge in [-0.05, 0) is 56.2 Å². The molecule has 1 aliphatic heterocycles. The normalized spacial score (nSPS) is 16.3. The van der Waals surface area contributed by atoms with E-state index in [1.807, 2.05) is 24.3 Å². The molecule has 0 spiro atoms. The molecule has 166 valence electrons. The lowest BCUT2D eigenvalue weighted by atomic mass is 9.86. The van der Waals surface area contributed by atoms with Gasteiger partial charge in [0.15, 0.2) is 11.4 Å². The van der Waals surface area contributed by atoms with Crippen molar-refractivity contribution < 1.29 is 9.53 Å². The molecule has 2 aromatic heterocycles. The molecule has 2 aliphatic rings. The highest BCUT2D eigenvalue weighted by molar-refractivity contribution is 6.13. The summed E-state index contributed by atoms with van der Waals surface area (Å²) in [5.41, 5.74) is 10.3. The minimum Gasteiger partial charge on any atom is -0.494 e. The first-order valence-electron chi connectivity index (χ1n) is 11.7. The van der Waals surface area contributed by atoms with Crippen molar-refractivity contribution in [3.05, 3.63) is 35.5 Å². The van der Waals surface area contributed by atoms with Crippen molar-refractivity contribution in [1.29, 1.82) is 0 Å². The third kappa shape index (κ3) is 3.76. The Morgan fingerprint density at radius 1 is 0.969 bits per heavy atom. The second-order valence-electron chi connectivity index (χ2n) is 8.61. The number of carbonyl (C=O) groups is 1. The lowest BCUT2D eigenvalue weighted by Crippen LogP contribution is -2.31. The number of hydrogen-bond acceptors (Lipinski definition) is 7. The third-order valence-corrected chi connectivity index (χ3v) is 6.29. The quantitative estimate of drug-likeness (QED) is 0.632. The Bertz CT molecular complexity index is 1150. The van der Waals surface area contributed by atoms with Crippen molar-refractivity contribution >= 4 is 28.6 Å². The van der Waals surface area contributed by atoms with Gasteiger partial charge in [-0.1, -0.05) is 19.1 Å². The van der Waals surface area contributed by atoms with E-state index in [1.54, 1.807) is 0 Å². The van der Waals surface area contributed by atoms with Gasteiger partial charge in [0.05, 0.1) is 17.7 Å². The Labute approximate surface area is 188 Å². The van der Waals surface area contributed by atoms with Crippen LogP contribution in [0.5, 0.6) is 5.75 Å². The van der Waals surface area contributed by atoms with Crippen LogP contribution in [-0.2, 0) is 6.42 Å². The van der Waals surface area contributed by atoms with Gasteiger partial charge in [0, 0.05) is 30.6 Å². The van der Waals surface area contributed by atoms with Crippen LogP contribution in [0.15, 0.2) is 24.3 Å². The van der Waals surface area contributed by atoms with E-state index >= 15 is 0 Å². The molecule has 0 saturated carbocycles. The topological polar surface area (TPSA) is 94.2 Å². The number of pyridine rings is 1. The molecule has 2 N–H and O–H groups in total. The Balaban J connectivity index is 1.69. The third-order valence-electron chi connectivity index (χ3n) is 6.29. The molecule has 3 heterocycles. The van der Waals surface area contributed by atoms with Gasteiger partial charge in [-0.25, -0.2) is 4.98 Å². The van der Waals surface area contributed by atoms with Crippen LogP contribution in [0.3, 0.4) is 0 Å². The SMILES string of the molecule is CCCOc1ccc(-c2c3c(nc4nc(N5CCCCC5)nc(N)c24)CCCC3=O)cc1. The van der Waals surface area contributed by atoms with Crippen LogP contribution in [0, 0.1) is 0 Å². The summed E-state index contributed by atoms with van der Waals surface area (Å²) in [4.78, 5) is 29.5. The monoisotopic (exact) mass is 431 g/mol. The molecule has 3 aromatic rings. The van der Waals surface area contributed by atoms with E-state index in [0.717, 1.165) is 67.8 Å². The summed E-state index contributed by atoms with van der Waals surface area (Å²) in [6.45, 7) is 4.61. The summed E-state index contributed by atoms with van der Waals surface area (Å²) < 4.78 is 5.74. The number of rotatable bonds is 5. The number of aromatic nitrogens is 3. The first kappa shape index (κ1) is 20.7. The molecule has 7 heteroatoms. The number of benzene rings is 1. The van der Waals surface area contributed by atoms with E-state index in [0.29, 0.717) is 41.4 Å². The fraction of sp³-hybridized carbons (Fsp3) is 0.440. The Kier molecular flexibility index (Phi) is 5.64. The zero-order chi connectivity index (χ0) is 22.1. The zero-order valence-corrected chi connectivity index (χ0v) is 18.6. The number of nitrogen functional groups attached to an aromatic ring is 1. The first-order chi connectivity index (χ1) is 15.7. The summed E-state index contributed by atoms with van der Waals surface area (Å²) in [6, 6.07) is 7.85. The van der Waals surface area contributed by atoms with E-state index in [4.69, 9.17) is 20.4 Å². The average Bonchev–Trinajstić information content (AvgIpc) is 2.82. The summed E-state index contributed by atoms with van der Waals surface area (Å²) in [7, 11) is 0.